The Morgan fingerprint density at radius 2 is 1.94 bits per heavy atom. The van der Waals surface area contributed by atoms with Gasteiger partial charge in [-0.25, -0.2) is 9.67 Å². The molecule has 3 heterocycles. The van der Waals surface area contributed by atoms with E-state index in [0.29, 0.717) is 34.8 Å². The molecule has 1 fully saturated rings. The number of hydrogen-bond acceptors (Lipinski definition) is 8. The molecule has 0 saturated carbocycles. The van der Waals surface area contributed by atoms with Crippen LogP contribution in [-0.2, 0) is 6.67 Å². The van der Waals surface area contributed by atoms with Crippen molar-refractivity contribution in [3.63, 3.8) is 0 Å². The van der Waals surface area contributed by atoms with Crippen LogP contribution in [0.3, 0.4) is 0 Å². The zero-order chi connectivity index (χ0) is 22.1. The molecular formula is C23H24N4O3S2. The van der Waals surface area contributed by atoms with Crippen LogP contribution in [0.15, 0.2) is 46.9 Å². The normalized spacial score (nSPS) is 15.3. The zero-order valence-electron chi connectivity index (χ0n) is 18.0. The first-order chi connectivity index (χ1) is 15.6. The van der Waals surface area contributed by atoms with E-state index in [4.69, 9.17) is 31.1 Å². The van der Waals surface area contributed by atoms with Gasteiger partial charge in [0.1, 0.15) is 11.5 Å². The third-order valence-corrected chi connectivity index (χ3v) is 7.32. The van der Waals surface area contributed by atoms with Gasteiger partial charge < -0.3 is 13.9 Å². The average Bonchev–Trinajstić information content (AvgIpc) is 3.42. The van der Waals surface area contributed by atoms with Gasteiger partial charge in [0.15, 0.2) is 0 Å². The van der Waals surface area contributed by atoms with E-state index in [-0.39, 0.29) is 0 Å². The van der Waals surface area contributed by atoms with E-state index in [1.54, 1.807) is 25.0 Å². The number of piperidine rings is 1. The average molecular weight is 469 g/mol. The van der Waals surface area contributed by atoms with Gasteiger partial charge in [0.2, 0.25) is 0 Å². The van der Waals surface area contributed by atoms with Crippen molar-refractivity contribution in [1.82, 2.24) is 19.7 Å². The molecule has 4 aromatic rings. The molecule has 1 aliphatic rings. The van der Waals surface area contributed by atoms with Gasteiger partial charge in [-0.1, -0.05) is 12.1 Å². The molecule has 7 nitrogen and oxygen atoms in total. The van der Waals surface area contributed by atoms with Crippen LogP contribution in [0.25, 0.3) is 21.7 Å². The summed E-state index contributed by atoms with van der Waals surface area (Å²) in [6.07, 6.45) is 2.15. The number of rotatable bonds is 6. The summed E-state index contributed by atoms with van der Waals surface area (Å²) in [5.41, 5.74) is 1.85. The molecule has 9 heteroatoms. The second-order valence-electron chi connectivity index (χ2n) is 7.79. The first kappa shape index (κ1) is 21.1. The van der Waals surface area contributed by atoms with E-state index >= 15 is 0 Å². The molecule has 2 aromatic carbocycles. The maximum Gasteiger partial charge on any atom is 0.288 e. The molecule has 32 heavy (non-hydrogen) atoms. The minimum atomic E-state index is 0.353. The Morgan fingerprint density at radius 3 is 2.69 bits per heavy atom. The fourth-order valence-corrected chi connectivity index (χ4v) is 5.37. The third kappa shape index (κ3) is 4.15. The fourth-order valence-electron chi connectivity index (χ4n) is 4.06. The standard InChI is InChI=1S/C23H24N4O3S2/c1-28-16-7-8-17(19(13-16)29-2)21-25-27(23(31)30-21)14-26-11-9-15(10-12-26)22-24-18-5-3-4-6-20(18)32-22/h3-8,13,15H,9-12,14H2,1-2H3. The molecule has 166 valence electrons. The summed E-state index contributed by atoms with van der Waals surface area (Å²) in [6.45, 7) is 2.54. The van der Waals surface area contributed by atoms with Crippen molar-refractivity contribution in [1.29, 1.82) is 0 Å². The minimum absolute atomic E-state index is 0.353. The molecule has 2 aromatic heterocycles. The highest BCUT2D eigenvalue weighted by molar-refractivity contribution is 7.71. The smallest absolute Gasteiger partial charge is 0.288 e. The van der Waals surface area contributed by atoms with Crippen molar-refractivity contribution < 1.29 is 13.9 Å². The molecule has 5 rings (SSSR count). The Kier molecular flexibility index (Phi) is 5.95. The quantitative estimate of drug-likeness (QED) is 0.354. The number of thiazole rings is 1. The molecule has 0 unspecified atom stereocenters. The predicted molar refractivity (Wildman–Crippen MR) is 127 cm³/mol. The van der Waals surface area contributed by atoms with Crippen molar-refractivity contribution in [3.05, 3.63) is 52.3 Å². The lowest BCUT2D eigenvalue weighted by Gasteiger charge is -2.30. The van der Waals surface area contributed by atoms with Gasteiger partial charge >= 0.3 is 0 Å². The molecule has 0 radical (unpaired) electrons. The van der Waals surface area contributed by atoms with Crippen molar-refractivity contribution in [2.45, 2.75) is 25.4 Å². The van der Waals surface area contributed by atoms with Crippen LogP contribution in [0.4, 0.5) is 0 Å². The van der Waals surface area contributed by atoms with Gasteiger partial charge in [-0.15, -0.1) is 16.4 Å². The summed E-state index contributed by atoms with van der Waals surface area (Å²) in [4.78, 5) is 7.57. The molecule has 0 spiro atoms. The number of nitrogens with zero attached hydrogens (tertiary/aromatic N) is 4. The number of likely N-dealkylation sites (tertiary alicyclic amines) is 1. The van der Waals surface area contributed by atoms with E-state index in [0.717, 1.165) is 37.0 Å². The topological polar surface area (TPSA) is 65.5 Å². The SMILES string of the molecule is COc1ccc(-c2nn(CN3CCC(c4nc5ccccc5s4)CC3)c(=S)o2)c(OC)c1. The van der Waals surface area contributed by atoms with E-state index < -0.39 is 0 Å². The van der Waals surface area contributed by atoms with E-state index in [1.807, 2.05) is 29.5 Å². The van der Waals surface area contributed by atoms with Crippen LogP contribution >= 0.6 is 23.6 Å². The van der Waals surface area contributed by atoms with Crippen LogP contribution < -0.4 is 9.47 Å². The molecule has 0 bridgehead atoms. The second kappa shape index (κ2) is 9.01. The van der Waals surface area contributed by atoms with Gasteiger partial charge in [0.05, 0.1) is 41.7 Å². The first-order valence-electron chi connectivity index (χ1n) is 10.5. The number of benzene rings is 2. The van der Waals surface area contributed by atoms with Crippen molar-refractivity contribution in [3.8, 4) is 23.0 Å². The Balaban J connectivity index is 1.27. The second-order valence-corrected chi connectivity index (χ2v) is 9.20. The summed E-state index contributed by atoms with van der Waals surface area (Å²) < 4.78 is 19.5. The number of ether oxygens (including phenoxy) is 2. The molecule has 1 aliphatic heterocycles. The predicted octanol–water partition coefficient (Wildman–Crippen LogP) is 5.34. The van der Waals surface area contributed by atoms with Crippen LogP contribution in [-0.4, -0.2) is 47.0 Å². The summed E-state index contributed by atoms with van der Waals surface area (Å²) in [7, 11) is 3.23. The van der Waals surface area contributed by atoms with E-state index in [1.165, 1.54) is 9.71 Å². The molecule has 0 atom stereocenters. The van der Waals surface area contributed by atoms with Gasteiger partial charge in [-0.3, -0.25) is 4.90 Å². The highest BCUT2D eigenvalue weighted by atomic mass is 32.1. The molecule has 1 saturated heterocycles. The van der Waals surface area contributed by atoms with Gasteiger partial charge in [-0.2, -0.15) is 0 Å². The number of para-hydroxylation sites is 1. The summed E-state index contributed by atoms with van der Waals surface area (Å²) >= 11 is 7.26. The van der Waals surface area contributed by atoms with Crippen LogP contribution in [0, 0.1) is 4.84 Å². The fraction of sp³-hybridized carbons (Fsp3) is 0.348. The van der Waals surface area contributed by atoms with Crippen LogP contribution in [0.5, 0.6) is 11.5 Å². The van der Waals surface area contributed by atoms with Gasteiger partial charge in [-0.05, 0) is 49.3 Å². The van der Waals surface area contributed by atoms with E-state index in [9.17, 15) is 0 Å². The number of methoxy groups -OCH3 is 2. The lowest BCUT2D eigenvalue weighted by atomic mass is 9.98. The zero-order valence-corrected chi connectivity index (χ0v) is 19.6. The largest absolute Gasteiger partial charge is 0.497 e. The highest BCUT2D eigenvalue weighted by Crippen LogP contribution is 2.35. The minimum Gasteiger partial charge on any atom is -0.497 e. The molecule has 0 amide bonds. The molecule has 0 N–H and O–H groups in total. The third-order valence-electron chi connectivity index (χ3n) is 5.83. The van der Waals surface area contributed by atoms with Gasteiger partial charge in [0, 0.05) is 25.1 Å². The lowest BCUT2D eigenvalue weighted by Crippen LogP contribution is -2.34. The maximum atomic E-state index is 5.79. The van der Waals surface area contributed by atoms with Crippen LogP contribution in [0.2, 0.25) is 0 Å². The van der Waals surface area contributed by atoms with Gasteiger partial charge in [0.25, 0.3) is 10.7 Å². The highest BCUT2D eigenvalue weighted by Gasteiger charge is 2.24. The number of hydrogen-bond donors (Lipinski definition) is 0. The lowest BCUT2D eigenvalue weighted by molar-refractivity contribution is 0.159. The maximum absolute atomic E-state index is 5.79. The Hall–Kier alpha value is -2.75. The van der Waals surface area contributed by atoms with Crippen LogP contribution in [0.1, 0.15) is 23.8 Å². The van der Waals surface area contributed by atoms with Crippen molar-refractivity contribution in [2.75, 3.05) is 27.3 Å². The number of aromatic nitrogens is 3. The Bertz CT molecular complexity index is 1250. The Morgan fingerprint density at radius 1 is 1.12 bits per heavy atom. The molecular weight excluding hydrogens is 444 g/mol. The Labute approximate surface area is 195 Å². The number of fused-ring (bicyclic) bond motifs is 1. The van der Waals surface area contributed by atoms with Crippen molar-refractivity contribution >= 4 is 33.8 Å². The summed E-state index contributed by atoms with van der Waals surface area (Å²) in [6, 6.07) is 13.9. The van der Waals surface area contributed by atoms with E-state index in [2.05, 4.69) is 28.2 Å². The summed E-state index contributed by atoms with van der Waals surface area (Å²) in [5, 5.41) is 5.87. The monoisotopic (exact) mass is 468 g/mol. The van der Waals surface area contributed by atoms with Crippen molar-refractivity contribution in [2.24, 2.45) is 0 Å². The molecule has 0 aliphatic carbocycles. The summed E-state index contributed by atoms with van der Waals surface area (Å²) in [5.74, 6) is 2.29. The first-order valence-corrected chi connectivity index (χ1v) is 11.8.